The smallest absolute Gasteiger partial charge is 0.337 e. The SMILES string of the molecule is CNC1CCCN(Cc2ccc(C(F)(F)F)cc2)C1=O. The van der Waals surface area contributed by atoms with E-state index in [4.69, 9.17) is 0 Å². The number of benzene rings is 1. The van der Waals surface area contributed by atoms with Gasteiger partial charge < -0.3 is 10.2 Å². The first-order valence-corrected chi connectivity index (χ1v) is 6.54. The van der Waals surface area contributed by atoms with Crippen molar-refractivity contribution < 1.29 is 18.0 Å². The molecular weight excluding hydrogens is 269 g/mol. The molecule has 1 aromatic rings. The normalized spacial score (nSPS) is 20.3. The van der Waals surface area contributed by atoms with Crippen LogP contribution in [0.15, 0.2) is 24.3 Å². The zero-order chi connectivity index (χ0) is 14.8. The molecule has 0 aliphatic carbocycles. The summed E-state index contributed by atoms with van der Waals surface area (Å²) in [7, 11) is 1.74. The lowest BCUT2D eigenvalue weighted by atomic mass is 10.0. The van der Waals surface area contributed by atoms with Gasteiger partial charge in [-0.3, -0.25) is 4.79 Å². The van der Waals surface area contributed by atoms with Crippen molar-refractivity contribution in [1.29, 1.82) is 0 Å². The van der Waals surface area contributed by atoms with Crippen LogP contribution in [0.2, 0.25) is 0 Å². The number of nitrogens with one attached hydrogen (secondary N) is 1. The molecule has 1 saturated heterocycles. The van der Waals surface area contributed by atoms with Gasteiger partial charge in [0.15, 0.2) is 0 Å². The Morgan fingerprint density at radius 3 is 2.50 bits per heavy atom. The number of halogens is 3. The molecule has 0 spiro atoms. The highest BCUT2D eigenvalue weighted by molar-refractivity contribution is 5.82. The molecule has 1 aliphatic rings. The van der Waals surface area contributed by atoms with Crippen LogP contribution in [0.1, 0.15) is 24.0 Å². The molecule has 1 atom stereocenters. The van der Waals surface area contributed by atoms with Gasteiger partial charge in [-0.1, -0.05) is 12.1 Å². The molecule has 0 aromatic heterocycles. The molecular formula is C14H17F3N2O. The number of likely N-dealkylation sites (N-methyl/N-ethyl adjacent to an activating group) is 1. The number of likely N-dealkylation sites (tertiary alicyclic amines) is 1. The maximum absolute atomic E-state index is 12.5. The lowest BCUT2D eigenvalue weighted by molar-refractivity contribution is -0.138. The van der Waals surface area contributed by atoms with Gasteiger partial charge in [-0.05, 0) is 37.6 Å². The van der Waals surface area contributed by atoms with E-state index in [0.29, 0.717) is 18.7 Å². The standard InChI is InChI=1S/C14H17F3N2O/c1-18-12-3-2-8-19(13(12)20)9-10-4-6-11(7-5-10)14(15,16)17/h4-7,12,18H,2-3,8-9H2,1H3. The molecule has 1 N–H and O–H groups in total. The number of carbonyl (C=O) groups excluding carboxylic acids is 1. The predicted octanol–water partition coefficient (Wildman–Crippen LogP) is 2.42. The monoisotopic (exact) mass is 286 g/mol. The Labute approximate surface area is 115 Å². The zero-order valence-electron chi connectivity index (χ0n) is 11.2. The van der Waals surface area contributed by atoms with E-state index in [0.717, 1.165) is 25.0 Å². The van der Waals surface area contributed by atoms with Crippen molar-refractivity contribution in [2.45, 2.75) is 31.6 Å². The maximum Gasteiger partial charge on any atom is 0.416 e. The lowest BCUT2D eigenvalue weighted by Crippen LogP contribution is -2.49. The minimum absolute atomic E-state index is 0.0126. The largest absolute Gasteiger partial charge is 0.416 e. The van der Waals surface area contributed by atoms with Crippen molar-refractivity contribution in [2.75, 3.05) is 13.6 Å². The van der Waals surface area contributed by atoms with E-state index in [-0.39, 0.29) is 11.9 Å². The number of hydrogen-bond acceptors (Lipinski definition) is 2. The molecule has 3 nitrogen and oxygen atoms in total. The fraction of sp³-hybridized carbons (Fsp3) is 0.500. The number of piperidine rings is 1. The fourth-order valence-electron chi connectivity index (χ4n) is 2.38. The minimum atomic E-state index is -4.32. The predicted molar refractivity (Wildman–Crippen MR) is 68.9 cm³/mol. The van der Waals surface area contributed by atoms with Crippen LogP contribution in [0.4, 0.5) is 13.2 Å². The summed E-state index contributed by atoms with van der Waals surface area (Å²) in [6.45, 7) is 1.01. The first-order chi connectivity index (χ1) is 9.41. The molecule has 1 amide bonds. The van der Waals surface area contributed by atoms with Crippen molar-refractivity contribution in [2.24, 2.45) is 0 Å². The van der Waals surface area contributed by atoms with Crippen LogP contribution in [0, 0.1) is 0 Å². The average molecular weight is 286 g/mol. The topological polar surface area (TPSA) is 32.3 Å². The van der Waals surface area contributed by atoms with E-state index in [9.17, 15) is 18.0 Å². The summed E-state index contributed by atoms with van der Waals surface area (Å²) in [6.07, 6.45) is -2.62. The summed E-state index contributed by atoms with van der Waals surface area (Å²) >= 11 is 0. The highest BCUT2D eigenvalue weighted by atomic mass is 19.4. The second-order valence-corrected chi connectivity index (χ2v) is 4.94. The summed E-state index contributed by atoms with van der Waals surface area (Å²) in [5, 5.41) is 2.96. The number of amides is 1. The van der Waals surface area contributed by atoms with Gasteiger partial charge in [0.05, 0.1) is 11.6 Å². The zero-order valence-corrected chi connectivity index (χ0v) is 11.2. The number of hydrogen-bond donors (Lipinski definition) is 1. The van der Waals surface area contributed by atoms with Gasteiger partial charge in [0, 0.05) is 13.1 Å². The molecule has 2 rings (SSSR count). The second-order valence-electron chi connectivity index (χ2n) is 4.94. The van der Waals surface area contributed by atoms with Crippen LogP contribution in [-0.2, 0) is 17.5 Å². The van der Waals surface area contributed by atoms with Crippen molar-refractivity contribution in [3.63, 3.8) is 0 Å². The molecule has 20 heavy (non-hydrogen) atoms. The Morgan fingerprint density at radius 1 is 1.30 bits per heavy atom. The number of rotatable bonds is 3. The maximum atomic E-state index is 12.5. The number of alkyl halides is 3. The summed E-state index contributed by atoms with van der Waals surface area (Å²) in [5.41, 5.74) is 0.0439. The van der Waals surface area contributed by atoms with Crippen LogP contribution >= 0.6 is 0 Å². The van der Waals surface area contributed by atoms with Crippen LogP contribution in [0.25, 0.3) is 0 Å². The van der Waals surface area contributed by atoms with Crippen molar-refractivity contribution in [3.8, 4) is 0 Å². The van der Waals surface area contributed by atoms with Crippen LogP contribution < -0.4 is 5.32 Å². The molecule has 1 unspecified atom stereocenters. The highest BCUT2D eigenvalue weighted by Crippen LogP contribution is 2.29. The Balaban J connectivity index is 2.04. The van der Waals surface area contributed by atoms with Crippen LogP contribution in [0.5, 0.6) is 0 Å². The molecule has 0 bridgehead atoms. The van der Waals surface area contributed by atoms with E-state index in [1.165, 1.54) is 12.1 Å². The highest BCUT2D eigenvalue weighted by Gasteiger charge is 2.30. The summed E-state index contributed by atoms with van der Waals surface area (Å²) < 4.78 is 37.4. The first-order valence-electron chi connectivity index (χ1n) is 6.54. The van der Waals surface area contributed by atoms with Gasteiger partial charge in [0.2, 0.25) is 5.91 Å². The van der Waals surface area contributed by atoms with Gasteiger partial charge in [-0.15, -0.1) is 0 Å². The Morgan fingerprint density at radius 2 is 1.95 bits per heavy atom. The molecule has 0 radical (unpaired) electrons. The van der Waals surface area contributed by atoms with E-state index in [1.807, 2.05) is 0 Å². The molecule has 6 heteroatoms. The number of carbonyl (C=O) groups is 1. The summed E-state index contributed by atoms with van der Waals surface area (Å²) in [4.78, 5) is 13.8. The van der Waals surface area contributed by atoms with Crippen molar-refractivity contribution >= 4 is 5.91 Å². The van der Waals surface area contributed by atoms with Gasteiger partial charge in [0.25, 0.3) is 0 Å². The van der Waals surface area contributed by atoms with Crippen molar-refractivity contribution in [3.05, 3.63) is 35.4 Å². The van der Waals surface area contributed by atoms with Gasteiger partial charge >= 0.3 is 6.18 Å². The molecule has 1 heterocycles. The van der Waals surface area contributed by atoms with Crippen LogP contribution in [-0.4, -0.2) is 30.4 Å². The van der Waals surface area contributed by atoms with E-state index >= 15 is 0 Å². The summed E-state index contributed by atoms with van der Waals surface area (Å²) in [6, 6.07) is 4.79. The first kappa shape index (κ1) is 14.8. The van der Waals surface area contributed by atoms with Crippen molar-refractivity contribution in [1.82, 2.24) is 10.2 Å². The van der Waals surface area contributed by atoms with Gasteiger partial charge in [-0.2, -0.15) is 13.2 Å². The molecule has 0 saturated carbocycles. The summed E-state index contributed by atoms with van der Waals surface area (Å²) in [5.74, 6) is 0.0126. The third kappa shape index (κ3) is 3.30. The number of nitrogens with zero attached hydrogens (tertiary/aromatic N) is 1. The van der Waals surface area contributed by atoms with Gasteiger partial charge in [-0.25, -0.2) is 0 Å². The van der Waals surface area contributed by atoms with E-state index in [2.05, 4.69) is 5.32 Å². The Kier molecular flexibility index (Phi) is 4.32. The van der Waals surface area contributed by atoms with E-state index < -0.39 is 11.7 Å². The molecule has 1 aromatic carbocycles. The third-order valence-electron chi connectivity index (χ3n) is 3.53. The minimum Gasteiger partial charge on any atom is -0.337 e. The van der Waals surface area contributed by atoms with Crippen LogP contribution in [0.3, 0.4) is 0 Å². The molecule has 1 aliphatic heterocycles. The molecule has 1 fully saturated rings. The second kappa shape index (κ2) is 5.83. The van der Waals surface area contributed by atoms with Gasteiger partial charge in [0.1, 0.15) is 0 Å². The average Bonchev–Trinajstić information content (AvgIpc) is 2.41. The van der Waals surface area contributed by atoms with E-state index in [1.54, 1.807) is 11.9 Å². The fourth-order valence-corrected chi connectivity index (χ4v) is 2.38. The lowest BCUT2D eigenvalue weighted by Gasteiger charge is -2.32. The third-order valence-corrected chi connectivity index (χ3v) is 3.53. The Bertz CT molecular complexity index is 470. The quantitative estimate of drug-likeness (QED) is 0.925. The molecule has 110 valence electrons. The Hall–Kier alpha value is -1.56.